The molecule has 2 aromatic heterocycles. The summed E-state index contributed by atoms with van der Waals surface area (Å²) in [4.78, 5) is 4.46. The van der Waals surface area contributed by atoms with Gasteiger partial charge in [-0.05, 0) is 45.1 Å². The highest BCUT2D eigenvalue weighted by molar-refractivity contribution is 6.01. The number of oxime groups is 1. The van der Waals surface area contributed by atoms with Gasteiger partial charge in [-0.3, -0.25) is 4.57 Å². The van der Waals surface area contributed by atoms with E-state index in [0.717, 1.165) is 48.3 Å². The number of aromatic nitrogens is 4. The molecule has 0 aliphatic heterocycles. The maximum absolute atomic E-state index is 9.05. The van der Waals surface area contributed by atoms with Gasteiger partial charge in [-0.1, -0.05) is 5.16 Å². The Morgan fingerprint density at radius 2 is 2.05 bits per heavy atom. The van der Waals surface area contributed by atoms with Crippen LogP contribution in [0, 0.1) is 13.8 Å². The molecule has 2 aromatic rings. The Kier molecular flexibility index (Phi) is 3.32. The van der Waals surface area contributed by atoms with E-state index in [9.17, 15) is 0 Å². The molecular weight excluding hydrogens is 268 g/mol. The van der Waals surface area contributed by atoms with Crippen molar-refractivity contribution in [3.05, 3.63) is 34.5 Å². The van der Waals surface area contributed by atoms with E-state index in [0.29, 0.717) is 11.4 Å². The molecule has 0 unspecified atom stereocenters. The van der Waals surface area contributed by atoms with Crippen LogP contribution in [0.5, 0.6) is 0 Å². The maximum atomic E-state index is 9.05. The second kappa shape index (κ2) is 5.16. The highest BCUT2D eigenvalue weighted by Crippen LogP contribution is 2.25. The first-order valence-corrected chi connectivity index (χ1v) is 7.00. The Labute approximate surface area is 122 Å². The molecule has 7 heteroatoms. The molecule has 0 saturated heterocycles. The number of hydrogen-bond acceptors (Lipinski definition) is 5. The zero-order valence-corrected chi connectivity index (χ0v) is 12.2. The number of nitrogens with two attached hydrogens (primary N) is 1. The molecule has 2 heterocycles. The SMILES string of the molecule is Cc1nnc(-n2cnc3c2CCCC3)c(C(N)=NO)c1C. The molecule has 1 aliphatic rings. The standard InChI is InChI=1S/C14H18N6O/c1-8-9(2)17-18-14(12(8)13(15)19-21)20-7-16-10-5-3-4-6-11(10)20/h7,21H,3-6H2,1-2H3,(H2,15,19). The van der Waals surface area contributed by atoms with Crippen LogP contribution in [0.3, 0.4) is 0 Å². The molecule has 3 N–H and O–H groups in total. The van der Waals surface area contributed by atoms with Gasteiger partial charge in [-0.2, -0.15) is 5.10 Å². The third-order valence-electron chi connectivity index (χ3n) is 4.06. The van der Waals surface area contributed by atoms with Crippen molar-refractivity contribution in [2.75, 3.05) is 0 Å². The van der Waals surface area contributed by atoms with Gasteiger partial charge in [-0.25, -0.2) is 4.98 Å². The zero-order valence-electron chi connectivity index (χ0n) is 12.2. The first kappa shape index (κ1) is 13.5. The van der Waals surface area contributed by atoms with Gasteiger partial charge in [-0.15, -0.1) is 5.10 Å². The Balaban J connectivity index is 2.24. The van der Waals surface area contributed by atoms with Crippen LogP contribution in [-0.2, 0) is 12.8 Å². The summed E-state index contributed by atoms with van der Waals surface area (Å²) in [5.41, 5.74) is 10.3. The number of rotatable bonds is 2. The number of hydrogen-bond donors (Lipinski definition) is 2. The van der Waals surface area contributed by atoms with Gasteiger partial charge in [0.05, 0.1) is 17.0 Å². The van der Waals surface area contributed by atoms with E-state index in [4.69, 9.17) is 10.9 Å². The molecular formula is C14H18N6O. The first-order chi connectivity index (χ1) is 10.1. The first-order valence-electron chi connectivity index (χ1n) is 7.00. The Morgan fingerprint density at radius 3 is 2.81 bits per heavy atom. The van der Waals surface area contributed by atoms with Gasteiger partial charge in [0.15, 0.2) is 11.7 Å². The van der Waals surface area contributed by atoms with Crippen LogP contribution >= 0.6 is 0 Å². The summed E-state index contributed by atoms with van der Waals surface area (Å²) in [6.07, 6.45) is 5.99. The predicted octanol–water partition coefficient (Wildman–Crippen LogP) is 1.25. The molecule has 0 bridgehead atoms. The summed E-state index contributed by atoms with van der Waals surface area (Å²) in [5, 5.41) is 20.6. The third kappa shape index (κ3) is 2.14. The molecule has 0 radical (unpaired) electrons. The van der Waals surface area contributed by atoms with Crippen LogP contribution < -0.4 is 5.73 Å². The van der Waals surface area contributed by atoms with Crippen molar-refractivity contribution in [3.63, 3.8) is 0 Å². The van der Waals surface area contributed by atoms with E-state index >= 15 is 0 Å². The average Bonchev–Trinajstić information content (AvgIpc) is 2.93. The molecule has 0 aromatic carbocycles. The average molecular weight is 286 g/mol. The van der Waals surface area contributed by atoms with E-state index in [-0.39, 0.29) is 5.84 Å². The van der Waals surface area contributed by atoms with Gasteiger partial charge in [0.1, 0.15) is 6.33 Å². The monoisotopic (exact) mass is 286 g/mol. The van der Waals surface area contributed by atoms with Gasteiger partial charge < -0.3 is 10.9 Å². The molecule has 0 atom stereocenters. The minimum Gasteiger partial charge on any atom is -0.409 e. The van der Waals surface area contributed by atoms with E-state index in [1.165, 1.54) is 0 Å². The number of aryl methyl sites for hydroxylation is 2. The lowest BCUT2D eigenvalue weighted by molar-refractivity contribution is 0.318. The second-order valence-electron chi connectivity index (χ2n) is 5.31. The molecule has 110 valence electrons. The Morgan fingerprint density at radius 1 is 1.29 bits per heavy atom. The largest absolute Gasteiger partial charge is 0.409 e. The Bertz CT molecular complexity index is 718. The quantitative estimate of drug-likeness (QED) is 0.374. The maximum Gasteiger partial charge on any atom is 0.174 e. The molecule has 1 aliphatic carbocycles. The van der Waals surface area contributed by atoms with Crippen LogP contribution in [0.1, 0.15) is 41.1 Å². The van der Waals surface area contributed by atoms with Crippen molar-refractivity contribution in [1.82, 2.24) is 19.7 Å². The van der Waals surface area contributed by atoms with Crippen molar-refractivity contribution in [2.24, 2.45) is 10.9 Å². The van der Waals surface area contributed by atoms with Crippen molar-refractivity contribution in [1.29, 1.82) is 0 Å². The van der Waals surface area contributed by atoms with E-state index in [1.807, 2.05) is 18.4 Å². The predicted molar refractivity (Wildman–Crippen MR) is 77.8 cm³/mol. The second-order valence-corrected chi connectivity index (χ2v) is 5.31. The molecule has 0 amide bonds. The molecule has 0 spiro atoms. The van der Waals surface area contributed by atoms with Gasteiger partial charge >= 0.3 is 0 Å². The van der Waals surface area contributed by atoms with Gasteiger partial charge in [0, 0.05) is 5.69 Å². The fourth-order valence-corrected chi connectivity index (χ4v) is 2.77. The molecule has 0 fully saturated rings. The number of nitrogens with zero attached hydrogens (tertiary/aromatic N) is 5. The summed E-state index contributed by atoms with van der Waals surface area (Å²) in [6.45, 7) is 3.74. The zero-order chi connectivity index (χ0) is 15.0. The lowest BCUT2D eigenvalue weighted by Gasteiger charge is -2.16. The van der Waals surface area contributed by atoms with Crippen molar-refractivity contribution in [3.8, 4) is 5.82 Å². The van der Waals surface area contributed by atoms with E-state index < -0.39 is 0 Å². The third-order valence-corrected chi connectivity index (χ3v) is 4.06. The molecule has 3 rings (SSSR count). The highest BCUT2D eigenvalue weighted by Gasteiger charge is 2.22. The summed E-state index contributed by atoms with van der Waals surface area (Å²) < 4.78 is 1.92. The summed E-state index contributed by atoms with van der Waals surface area (Å²) in [5.74, 6) is 0.614. The van der Waals surface area contributed by atoms with Crippen LogP contribution in [0.2, 0.25) is 0 Å². The summed E-state index contributed by atoms with van der Waals surface area (Å²) in [6, 6.07) is 0. The fraction of sp³-hybridized carbons (Fsp3) is 0.429. The smallest absolute Gasteiger partial charge is 0.174 e. The van der Waals surface area contributed by atoms with Crippen LogP contribution in [0.15, 0.2) is 11.5 Å². The van der Waals surface area contributed by atoms with E-state index in [2.05, 4.69) is 20.3 Å². The summed E-state index contributed by atoms with van der Waals surface area (Å²) in [7, 11) is 0. The minimum absolute atomic E-state index is 0.0405. The lowest BCUT2D eigenvalue weighted by atomic mass is 10.0. The van der Waals surface area contributed by atoms with E-state index in [1.54, 1.807) is 6.33 Å². The Hall–Kier alpha value is -2.44. The number of fused-ring (bicyclic) bond motifs is 1. The summed E-state index contributed by atoms with van der Waals surface area (Å²) >= 11 is 0. The van der Waals surface area contributed by atoms with Crippen LogP contribution in [0.4, 0.5) is 0 Å². The molecule has 0 saturated carbocycles. The van der Waals surface area contributed by atoms with Crippen molar-refractivity contribution < 1.29 is 5.21 Å². The fourth-order valence-electron chi connectivity index (χ4n) is 2.77. The lowest BCUT2D eigenvalue weighted by Crippen LogP contribution is -2.21. The van der Waals surface area contributed by atoms with Gasteiger partial charge in [0.2, 0.25) is 0 Å². The minimum atomic E-state index is 0.0405. The van der Waals surface area contributed by atoms with Crippen molar-refractivity contribution >= 4 is 5.84 Å². The van der Waals surface area contributed by atoms with Crippen molar-refractivity contribution in [2.45, 2.75) is 39.5 Å². The molecule has 7 nitrogen and oxygen atoms in total. The topological polar surface area (TPSA) is 102 Å². The highest BCUT2D eigenvalue weighted by atomic mass is 16.4. The molecule has 21 heavy (non-hydrogen) atoms. The number of amidine groups is 1. The normalized spacial score (nSPS) is 15.0. The number of imidazole rings is 1. The van der Waals surface area contributed by atoms with Gasteiger partial charge in [0.25, 0.3) is 0 Å². The van der Waals surface area contributed by atoms with Crippen LogP contribution in [-0.4, -0.2) is 30.8 Å². The van der Waals surface area contributed by atoms with Crippen LogP contribution in [0.25, 0.3) is 5.82 Å².